The van der Waals surface area contributed by atoms with Crippen molar-refractivity contribution in [2.45, 2.75) is 236 Å². The average molecular weight is 1520 g/mol. The zero-order valence-corrected chi connectivity index (χ0v) is 65.0. The number of carbonyl (C=O) groups is 12. The number of nitrogens with one attached hydrogen (secondary N) is 3. The lowest BCUT2D eigenvalue weighted by atomic mass is 9.58. The van der Waals surface area contributed by atoms with Crippen molar-refractivity contribution in [2.75, 3.05) is 82.1 Å². The highest BCUT2D eigenvalue weighted by molar-refractivity contribution is 6.01. The Balaban J connectivity index is 1.24. The Hall–Kier alpha value is -8.57. The topological polar surface area (TPSA) is 279 Å². The van der Waals surface area contributed by atoms with Gasteiger partial charge in [-0.05, 0) is 125 Å². The van der Waals surface area contributed by atoms with Crippen LogP contribution >= 0.6 is 0 Å². The van der Waals surface area contributed by atoms with Gasteiger partial charge in [-0.3, -0.25) is 57.5 Å². The first-order valence-electron chi connectivity index (χ1n) is 38.0. The van der Waals surface area contributed by atoms with Gasteiger partial charge < -0.3 is 64.8 Å². The molecule has 3 aliphatic carbocycles. The molecule has 0 unspecified atom stereocenters. The second kappa shape index (κ2) is 35.9. The molecule has 3 heterocycles. The molecule has 108 heavy (non-hydrogen) atoms. The van der Waals surface area contributed by atoms with E-state index in [9.17, 15) is 37.1 Å². The summed E-state index contributed by atoms with van der Waals surface area (Å²) in [6.45, 7) is 11.2. The number of ether oxygens (including phenoxy) is 1. The minimum absolute atomic E-state index is 0.0204. The molecule has 5 fully saturated rings. The van der Waals surface area contributed by atoms with Crippen molar-refractivity contribution in [3.8, 4) is 0 Å². The number of nitrogens with zero attached hydrogens (tertiary/aromatic N) is 9. The first-order valence-corrected chi connectivity index (χ1v) is 38.0. The summed E-state index contributed by atoms with van der Waals surface area (Å²) < 4.78 is 78.3. The maximum absolute atomic E-state index is 15.8. The molecule has 596 valence electrons. The molecule has 0 aromatic heterocycles. The van der Waals surface area contributed by atoms with Crippen molar-refractivity contribution in [2.24, 2.45) is 17.3 Å². The van der Waals surface area contributed by atoms with E-state index in [2.05, 4.69) is 16.0 Å². The molecule has 2 aromatic rings. The number of rotatable bonds is 14. The minimum atomic E-state index is -5.42. The summed E-state index contributed by atoms with van der Waals surface area (Å²) >= 11 is 0. The second-order valence-corrected chi connectivity index (χ2v) is 31.6. The van der Waals surface area contributed by atoms with Crippen molar-refractivity contribution < 1.29 is 84.2 Å². The second-order valence-electron chi connectivity index (χ2n) is 31.6. The summed E-state index contributed by atoms with van der Waals surface area (Å²) in [5.41, 5.74) is -3.31. The van der Waals surface area contributed by atoms with E-state index in [1.807, 2.05) is 46.8 Å². The van der Waals surface area contributed by atoms with Crippen molar-refractivity contribution >= 4 is 70.9 Å². The Kier molecular flexibility index (Phi) is 28.2. The Morgan fingerprint density at radius 3 is 1.91 bits per heavy atom. The zero-order chi connectivity index (χ0) is 79.8. The highest BCUT2D eigenvalue weighted by Crippen LogP contribution is 2.50. The van der Waals surface area contributed by atoms with Crippen LogP contribution in [0.15, 0.2) is 48.6 Å². The smallest absolute Gasteiger partial charge is 0.377 e. The molecule has 12 amide bonds. The predicted octanol–water partition coefficient (Wildman–Crippen LogP) is 5.95. The first kappa shape index (κ1) is 85.0. The number of amides is 12. The van der Waals surface area contributed by atoms with Crippen molar-refractivity contribution in [1.29, 1.82) is 0 Å². The number of fused-ring (bicyclic) bond motifs is 3. The van der Waals surface area contributed by atoms with Crippen LogP contribution in [0.4, 0.5) is 22.0 Å². The molecule has 8 rings (SSSR count). The SMILES string of the molecule is CCC[C@H]1C(=O)N[C@@H]([C@@H](C)CC)C(=O)N(C2CC2)CC(=O)N(C)[C@H]2C/C=C\CCN(C2=O)[C@@H](Cc2ccc(C)cc2)C(=O)N(C)CC(=O)N[C@H](CCc2cc(F)c(C(F)(F)F)c(F)c2)C(=O)N2C[C@H](OCC)C[C@H]2C(=O)NC2(CC(C)(C)C2)C(=O)N(C)[C@@H](C2CCCC2)C(=O)N(C)[C@H](C(=O)N(C)C)CC(=O)N1C. The molecule has 2 bridgehead atoms. The molecule has 1 spiro atoms. The third-order valence-corrected chi connectivity index (χ3v) is 22.6. The minimum Gasteiger partial charge on any atom is -0.377 e. The zero-order valence-electron chi connectivity index (χ0n) is 65.0. The highest BCUT2D eigenvalue weighted by Gasteiger charge is 2.59. The normalized spacial score (nSPS) is 27.1. The fourth-order valence-electron chi connectivity index (χ4n) is 16.4. The number of hydrogen-bond donors (Lipinski definition) is 3. The van der Waals surface area contributed by atoms with Crippen LogP contribution in [0.25, 0.3) is 0 Å². The van der Waals surface area contributed by atoms with Gasteiger partial charge in [-0.25, -0.2) is 8.78 Å². The predicted molar refractivity (Wildman–Crippen MR) is 390 cm³/mol. The number of alkyl halides is 3. The summed E-state index contributed by atoms with van der Waals surface area (Å²) in [5.74, 6) is -13.7. The molecule has 2 saturated heterocycles. The first-order chi connectivity index (χ1) is 50.8. The molecule has 30 heteroatoms. The van der Waals surface area contributed by atoms with Gasteiger partial charge in [0.15, 0.2) is 0 Å². The largest absolute Gasteiger partial charge is 0.422 e. The molecule has 0 radical (unpaired) electrons. The molecule has 2 aromatic carbocycles. The fraction of sp³-hybridized carbons (Fsp3) is 0.667. The monoisotopic (exact) mass is 1520 g/mol. The van der Waals surface area contributed by atoms with Crippen LogP contribution in [-0.2, 0) is 81.3 Å². The van der Waals surface area contributed by atoms with Crippen molar-refractivity contribution in [1.82, 2.24) is 60.0 Å². The van der Waals surface area contributed by atoms with Crippen LogP contribution in [0.1, 0.15) is 167 Å². The standard InChI is InChI=1S/C78H111F5N12O13/c1-15-23-56-67(99)85-65(47(5)16-2)73(105)94(51-32-33-51)43-63(98)90(12)57-26-19-18-22-35-93(72(57)104)60(38-48-29-27-46(4)28-30-48)71(103)88(10)42-61(96)84-55(34-31-49-36-53(79)64(54(80)37-49)78(81,82)83)69(101)95-41-52(108-17-3)39-58(95)68(100)86-77(44-76(6,7)45-77)75(107)92(14)66(50-24-20-21-25-50)74(106)91(13)59(70(102)87(8)9)40-62(97)89(56)11/h18-19,27-30,36-37,47,50-52,55-60,65-66H,15-17,20-26,31-35,38-45H2,1-14H3,(H,84,96)(H,85,99)(H,86,100)/b19-18-/t47-,52+,55+,56-,57-,58-,59-,60-,65-,66-/m0/s1. The Morgan fingerprint density at radius 1 is 0.694 bits per heavy atom. The third kappa shape index (κ3) is 19.9. The van der Waals surface area contributed by atoms with E-state index in [-0.39, 0.29) is 70.2 Å². The third-order valence-electron chi connectivity index (χ3n) is 22.6. The molecule has 6 aliphatic rings. The number of benzene rings is 2. The van der Waals surface area contributed by atoms with E-state index in [0.717, 1.165) is 20.3 Å². The average Bonchev–Trinajstić information content (AvgIpc) is 1.29. The van der Waals surface area contributed by atoms with Crippen LogP contribution < -0.4 is 16.0 Å². The lowest BCUT2D eigenvalue weighted by molar-refractivity contribution is -0.161. The van der Waals surface area contributed by atoms with E-state index in [4.69, 9.17) is 4.74 Å². The van der Waals surface area contributed by atoms with E-state index in [1.165, 1.54) is 78.7 Å². The Bertz CT molecular complexity index is 3670. The number of carbonyl (C=O) groups excluding carboxylic acids is 12. The summed E-state index contributed by atoms with van der Waals surface area (Å²) in [6, 6.07) is -3.32. The van der Waals surface area contributed by atoms with Gasteiger partial charge in [-0.1, -0.05) is 102 Å². The Labute approximate surface area is 630 Å². The molecular weight excluding hydrogens is 1410 g/mol. The molecule has 10 atom stereocenters. The molecule has 3 saturated carbocycles. The van der Waals surface area contributed by atoms with Crippen LogP contribution in [0.2, 0.25) is 0 Å². The lowest BCUT2D eigenvalue weighted by Crippen LogP contribution is -2.71. The van der Waals surface area contributed by atoms with Crippen LogP contribution in [0, 0.1) is 35.8 Å². The number of hydrogen-bond acceptors (Lipinski definition) is 13. The quantitative estimate of drug-likeness (QED) is 0.146. The molecular formula is C78H111F5N12O13. The van der Waals surface area contributed by atoms with E-state index >= 15 is 42.3 Å². The summed E-state index contributed by atoms with van der Waals surface area (Å²) in [7, 11) is 9.84. The summed E-state index contributed by atoms with van der Waals surface area (Å²) in [4.78, 5) is 194. The van der Waals surface area contributed by atoms with Gasteiger partial charge in [-0.2, -0.15) is 13.2 Å². The van der Waals surface area contributed by atoms with Crippen LogP contribution in [0.5, 0.6) is 0 Å². The molecule has 3 aliphatic heterocycles. The molecule has 25 nitrogen and oxygen atoms in total. The van der Waals surface area contributed by atoms with Gasteiger partial charge in [0.2, 0.25) is 70.9 Å². The van der Waals surface area contributed by atoms with Crippen LogP contribution in [-0.4, -0.2) is 263 Å². The van der Waals surface area contributed by atoms with Gasteiger partial charge in [0, 0.05) is 87.9 Å². The van der Waals surface area contributed by atoms with Crippen molar-refractivity contribution in [3.05, 3.63) is 82.4 Å². The van der Waals surface area contributed by atoms with Gasteiger partial charge in [0.05, 0.1) is 19.1 Å². The maximum Gasteiger partial charge on any atom is 0.422 e. The summed E-state index contributed by atoms with van der Waals surface area (Å²) in [6.07, 6.45) is -0.119. The summed E-state index contributed by atoms with van der Waals surface area (Å²) in [5, 5.41) is 8.60. The fourth-order valence-corrected chi connectivity index (χ4v) is 16.4. The number of likely N-dealkylation sites (N-methyl/N-ethyl adjacent to an activating group) is 6. The highest BCUT2D eigenvalue weighted by atomic mass is 19.4. The van der Waals surface area contributed by atoms with Crippen molar-refractivity contribution in [3.63, 3.8) is 0 Å². The Morgan fingerprint density at radius 2 is 1.33 bits per heavy atom. The van der Waals surface area contributed by atoms with Crippen LogP contribution in [0.3, 0.4) is 0 Å². The van der Waals surface area contributed by atoms with E-state index in [1.54, 1.807) is 38.1 Å². The lowest BCUT2D eigenvalue weighted by Gasteiger charge is -2.54. The van der Waals surface area contributed by atoms with E-state index < -0.39 is 210 Å². The maximum atomic E-state index is 15.8. The number of aryl methyl sites for hydroxylation is 2. The molecule has 3 N–H and O–H groups in total. The van der Waals surface area contributed by atoms with Gasteiger partial charge in [0.1, 0.15) is 77.6 Å². The number of halogens is 5. The van der Waals surface area contributed by atoms with Gasteiger partial charge in [-0.15, -0.1) is 0 Å². The van der Waals surface area contributed by atoms with Gasteiger partial charge >= 0.3 is 6.18 Å². The van der Waals surface area contributed by atoms with E-state index in [0.29, 0.717) is 69.1 Å². The van der Waals surface area contributed by atoms with Gasteiger partial charge in [0.25, 0.3) is 0 Å².